The lowest BCUT2D eigenvalue weighted by Crippen LogP contribution is -2.44. The van der Waals surface area contributed by atoms with Crippen LogP contribution in [0.25, 0.3) is 0 Å². The lowest BCUT2D eigenvalue weighted by atomic mass is 10.0. The van der Waals surface area contributed by atoms with Gasteiger partial charge in [-0.25, -0.2) is 0 Å². The molecule has 1 aliphatic rings. The van der Waals surface area contributed by atoms with Gasteiger partial charge in [0.15, 0.2) is 6.61 Å². The van der Waals surface area contributed by atoms with Crippen LogP contribution in [0.5, 0.6) is 5.75 Å². The Labute approximate surface area is 127 Å². The van der Waals surface area contributed by atoms with Gasteiger partial charge in [-0.3, -0.25) is 4.79 Å². The zero-order chi connectivity index (χ0) is 15.2. The van der Waals surface area contributed by atoms with Crippen molar-refractivity contribution in [2.24, 2.45) is 0 Å². The van der Waals surface area contributed by atoms with E-state index in [2.05, 4.69) is 36.6 Å². The van der Waals surface area contributed by atoms with Gasteiger partial charge in [0.2, 0.25) is 0 Å². The number of rotatable bonds is 5. The fourth-order valence-electron chi connectivity index (χ4n) is 2.62. The van der Waals surface area contributed by atoms with Gasteiger partial charge in [-0.05, 0) is 56.0 Å². The predicted octanol–water partition coefficient (Wildman–Crippen LogP) is 2.37. The fraction of sp³-hybridized carbons (Fsp3) is 0.588. The molecule has 1 heterocycles. The first kappa shape index (κ1) is 15.8. The van der Waals surface area contributed by atoms with Crippen molar-refractivity contribution in [3.05, 3.63) is 29.3 Å². The first-order valence-electron chi connectivity index (χ1n) is 7.79. The normalized spacial score (nSPS) is 16.0. The summed E-state index contributed by atoms with van der Waals surface area (Å²) >= 11 is 0. The van der Waals surface area contributed by atoms with Gasteiger partial charge in [-0.15, -0.1) is 0 Å². The number of carbonyl (C=O) groups excluding carboxylic acids is 1. The monoisotopic (exact) mass is 290 g/mol. The zero-order valence-corrected chi connectivity index (χ0v) is 13.2. The number of nitrogens with one attached hydrogen (secondary N) is 2. The van der Waals surface area contributed by atoms with E-state index in [1.165, 1.54) is 0 Å². The molecule has 21 heavy (non-hydrogen) atoms. The van der Waals surface area contributed by atoms with Gasteiger partial charge in [0.25, 0.3) is 5.91 Å². The van der Waals surface area contributed by atoms with Crippen molar-refractivity contribution in [2.75, 3.05) is 19.7 Å². The Morgan fingerprint density at radius 2 is 2.10 bits per heavy atom. The van der Waals surface area contributed by atoms with E-state index in [1.54, 1.807) is 0 Å². The second-order valence-corrected chi connectivity index (χ2v) is 6.08. The minimum absolute atomic E-state index is 0.0295. The summed E-state index contributed by atoms with van der Waals surface area (Å²) in [6, 6.07) is 6.45. The Kier molecular flexibility index (Phi) is 5.62. The molecule has 1 aliphatic heterocycles. The van der Waals surface area contributed by atoms with E-state index in [4.69, 9.17) is 4.74 Å². The molecule has 2 N–H and O–H groups in total. The summed E-state index contributed by atoms with van der Waals surface area (Å²) in [5.74, 6) is 1.18. The molecule has 0 spiro atoms. The molecule has 4 nitrogen and oxygen atoms in total. The van der Waals surface area contributed by atoms with Crippen molar-refractivity contribution in [2.45, 2.75) is 45.6 Å². The SMILES string of the molecule is Cc1ccc(C(C)C)c(OCC(=O)NC2CCNCC2)c1. The minimum Gasteiger partial charge on any atom is -0.483 e. The van der Waals surface area contributed by atoms with E-state index in [-0.39, 0.29) is 18.6 Å². The molecular weight excluding hydrogens is 264 g/mol. The average Bonchev–Trinajstić information content (AvgIpc) is 2.46. The quantitative estimate of drug-likeness (QED) is 0.875. The molecule has 1 aromatic carbocycles. The standard InChI is InChI=1S/C17H26N2O2/c1-12(2)15-5-4-13(3)10-16(15)21-11-17(20)19-14-6-8-18-9-7-14/h4-5,10,12,14,18H,6-9,11H2,1-3H3,(H,19,20). The highest BCUT2D eigenvalue weighted by Crippen LogP contribution is 2.27. The first-order chi connectivity index (χ1) is 10.1. The van der Waals surface area contributed by atoms with E-state index >= 15 is 0 Å². The van der Waals surface area contributed by atoms with Crippen molar-refractivity contribution < 1.29 is 9.53 Å². The van der Waals surface area contributed by atoms with Crippen LogP contribution in [0.15, 0.2) is 18.2 Å². The zero-order valence-electron chi connectivity index (χ0n) is 13.2. The average molecular weight is 290 g/mol. The second kappa shape index (κ2) is 7.46. The molecule has 4 heteroatoms. The van der Waals surface area contributed by atoms with E-state index in [1.807, 2.05) is 13.0 Å². The largest absolute Gasteiger partial charge is 0.483 e. The Morgan fingerprint density at radius 3 is 2.76 bits per heavy atom. The van der Waals surface area contributed by atoms with Crippen LogP contribution in [0.1, 0.15) is 43.7 Å². The molecule has 1 fully saturated rings. The topological polar surface area (TPSA) is 50.4 Å². The second-order valence-electron chi connectivity index (χ2n) is 6.08. The number of benzene rings is 1. The summed E-state index contributed by atoms with van der Waals surface area (Å²) in [5, 5.41) is 6.34. The van der Waals surface area contributed by atoms with Crippen LogP contribution in [-0.4, -0.2) is 31.6 Å². The van der Waals surface area contributed by atoms with E-state index in [0.717, 1.165) is 42.8 Å². The molecule has 0 radical (unpaired) electrons. The lowest BCUT2D eigenvalue weighted by molar-refractivity contribution is -0.124. The van der Waals surface area contributed by atoms with Crippen molar-refractivity contribution in [3.8, 4) is 5.75 Å². The summed E-state index contributed by atoms with van der Waals surface area (Å²) < 4.78 is 5.75. The lowest BCUT2D eigenvalue weighted by Gasteiger charge is -2.23. The van der Waals surface area contributed by atoms with Crippen LogP contribution in [0, 0.1) is 6.92 Å². The van der Waals surface area contributed by atoms with Crippen molar-refractivity contribution in [3.63, 3.8) is 0 Å². The Bertz CT molecular complexity index is 480. The number of amides is 1. The fourth-order valence-corrected chi connectivity index (χ4v) is 2.62. The van der Waals surface area contributed by atoms with Crippen molar-refractivity contribution in [1.29, 1.82) is 0 Å². The van der Waals surface area contributed by atoms with Gasteiger partial charge in [-0.1, -0.05) is 26.0 Å². The molecule has 1 amide bonds. The maximum atomic E-state index is 12.0. The minimum atomic E-state index is -0.0295. The molecule has 0 bridgehead atoms. The van der Waals surface area contributed by atoms with E-state index < -0.39 is 0 Å². The van der Waals surface area contributed by atoms with Crippen LogP contribution in [-0.2, 0) is 4.79 Å². The maximum absolute atomic E-state index is 12.0. The van der Waals surface area contributed by atoms with Crippen LogP contribution < -0.4 is 15.4 Å². The predicted molar refractivity (Wildman–Crippen MR) is 84.8 cm³/mol. The number of piperidine rings is 1. The summed E-state index contributed by atoms with van der Waals surface area (Å²) in [6.45, 7) is 8.33. The summed E-state index contributed by atoms with van der Waals surface area (Å²) in [6.07, 6.45) is 1.99. The van der Waals surface area contributed by atoms with Gasteiger partial charge in [0, 0.05) is 6.04 Å². The highest BCUT2D eigenvalue weighted by Gasteiger charge is 2.16. The van der Waals surface area contributed by atoms with Crippen LogP contribution >= 0.6 is 0 Å². The Hall–Kier alpha value is -1.55. The van der Waals surface area contributed by atoms with Gasteiger partial charge in [0.05, 0.1) is 0 Å². The van der Waals surface area contributed by atoms with Crippen molar-refractivity contribution in [1.82, 2.24) is 10.6 Å². The Balaban J connectivity index is 1.89. The van der Waals surface area contributed by atoms with Crippen LogP contribution in [0.2, 0.25) is 0 Å². The molecule has 2 rings (SSSR count). The number of carbonyl (C=O) groups is 1. The summed E-state index contributed by atoms with van der Waals surface area (Å²) in [7, 11) is 0. The maximum Gasteiger partial charge on any atom is 0.258 e. The smallest absolute Gasteiger partial charge is 0.258 e. The molecule has 0 unspecified atom stereocenters. The molecule has 1 aromatic rings. The third kappa shape index (κ3) is 4.74. The van der Waals surface area contributed by atoms with Crippen LogP contribution in [0.3, 0.4) is 0 Å². The number of hydrogen-bond acceptors (Lipinski definition) is 3. The van der Waals surface area contributed by atoms with E-state index in [0.29, 0.717) is 5.92 Å². The summed E-state index contributed by atoms with van der Waals surface area (Å²) in [5.41, 5.74) is 2.29. The number of ether oxygens (including phenoxy) is 1. The highest BCUT2D eigenvalue weighted by atomic mass is 16.5. The van der Waals surface area contributed by atoms with E-state index in [9.17, 15) is 4.79 Å². The van der Waals surface area contributed by atoms with Crippen LogP contribution in [0.4, 0.5) is 0 Å². The first-order valence-corrected chi connectivity index (χ1v) is 7.79. The number of hydrogen-bond donors (Lipinski definition) is 2. The van der Waals surface area contributed by atoms with Crippen molar-refractivity contribution >= 4 is 5.91 Å². The molecule has 116 valence electrons. The summed E-state index contributed by atoms with van der Waals surface area (Å²) in [4.78, 5) is 12.0. The Morgan fingerprint density at radius 1 is 1.38 bits per heavy atom. The molecule has 0 aromatic heterocycles. The molecule has 0 atom stereocenters. The van der Waals surface area contributed by atoms with Gasteiger partial charge < -0.3 is 15.4 Å². The van der Waals surface area contributed by atoms with Gasteiger partial charge in [-0.2, -0.15) is 0 Å². The molecule has 0 saturated carbocycles. The highest BCUT2D eigenvalue weighted by molar-refractivity contribution is 5.77. The third-order valence-electron chi connectivity index (χ3n) is 3.85. The number of aryl methyl sites for hydroxylation is 1. The molecule has 1 saturated heterocycles. The third-order valence-corrected chi connectivity index (χ3v) is 3.85. The molecular formula is C17H26N2O2. The molecule has 0 aliphatic carbocycles. The van der Waals surface area contributed by atoms with Gasteiger partial charge in [0.1, 0.15) is 5.75 Å². The van der Waals surface area contributed by atoms with Gasteiger partial charge >= 0.3 is 0 Å².